The number of imidazole rings is 1. The van der Waals surface area contributed by atoms with Crippen molar-refractivity contribution in [3.63, 3.8) is 0 Å². The summed E-state index contributed by atoms with van der Waals surface area (Å²) in [6.45, 7) is 8.68. The molecule has 3 aromatic rings. The number of aromatic nitrogens is 4. The van der Waals surface area contributed by atoms with Crippen molar-refractivity contribution in [2.45, 2.75) is 38.5 Å². The van der Waals surface area contributed by atoms with Gasteiger partial charge in [0.25, 0.3) is 5.56 Å². The third kappa shape index (κ3) is 6.56. The van der Waals surface area contributed by atoms with Crippen LogP contribution in [0.3, 0.4) is 0 Å². The van der Waals surface area contributed by atoms with Crippen molar-refractivity contribution in [3.8, 4) is 17.1 Å². The van der Waals surface area contributed by atoms with E-state index in [0.29, 0.717) is 54.5 Å². The topological polar surface area (TPSA) is 116 Å². The Morgan fingerprint density at radius 1 is 1.05 bits per heavy atom. The lowest BCUT2D eigenvalue weighted by Crippen LogP contribution is -2.37. The standard InChI is InChI=1S/C25H39N7O4S/c1-8-10-22-26-18(3)23-25(33)27-24(28-32(22)23)20-17-19(11-12-21(20)36-9-2)37(34,35)31(7)16-15-30(6)14-13-29(4)5/h11-12,17H,8-10,13-16H2,1-7H3,(H,27,28,33). The van der Waals surface area contributed by atoms with E-state index in [-0.39, 0.29) is 16.3 Å². The molecular weight excluding hydrogens is 494 g/mol. The van der Waals surface area contributed by atoms with E-state index in [1.807, 2.05) is 35.0 Å². The van der Waals surface area contributed by atoms with Gasteiger partial charge in [-0.25, -0.2) is 17.9 Å². The predicted octanol–water partition coefficient (Wildman–Crippen LogP) is 1.86. The molecule has 0 aliphatic carbocycles. The van der Waals surface area contributed by atoms with Gasteiger partial charge >= 0.3 is 0 Å². The zero-order valence-corrected chi connectivity index (χ0v) is 23.7. The smallest absolute Gasteiger partial charge is 0.277 e. The summed E-state index contributed by atoms with van der Waals surface area (Å²) in [7, 11) is 3.77. The number of nitrogens with one attached hydrogen (secondary N) is 1. The highest BCUT2D eigenvalue weighted by Crippen LogP contribution is 2.31. The first-order valence-electron chi connectivity index (χ1n) is 12.5. The van der Waals surface area contributed by atoms with Crippen LogP contribution in [0.5, 0.6) is 5.75 Å². The van der Waals surface area contributed by atoms with Gasteiger partial charge in [-0.2, -0.15) is 4.31 Å². The number of hydrogen-bond donors (Lipinski definition) is 1. The van der Waals surface area contributed by atoms with E-state index in [9.17, 15) is 13.2 Å². The summed E-state index contributed by atoms with van der Waals surface area (Å²) in [5.74, 6) is 1.34. The zero-order valence-electron chi connectivity index (χ0n) is 22.9. The largest absolute Gasteiger partial charge is 0.493 e. The highest BCUT2D eigenvalue weighted by Gasteiger charge is 2.24. The number of sulfonamides is 1. The number of benzene rings is 1. The van der Waals surface area contributed by atoms with Gasteiger partial charge < -0.3 is 19.5 Å². The molecule has 2 aromatic heterocycles. The third-order valence-electron chi connectivity index (χ3n) is 6.16. The van der Waals surface area contributed by atoms with Crippen LogP contribution in [0.2, 0.25) is 0 Å². The van der Waals surface area contributed by atoms with E-state index in [1.165, 1.54) is 16.4 Å². The minimum absolute atomic E-state index is 0.0998. The fourth-order valence-electron chi connectivity index (χ4n) is 3.97. The Kier molecular flexibility index (Phi) is 9.46. The molecule has 0 aliphatic heterocycles. The molecule has 0 saturated carbocycles. The molecule has 0 spiro atoms. The average Bonchev–Trinajstić information content (AvgIpc) is 3.17. The van der Waals surface area contributed by atoms with Crippen LogP contribution in [-0.2, 0) is 16.4 Å². The summed E-state index contributed by atoms with van der Waals surface area (Å²) in [4.78, 5) is 24.6. The summed E-state index contributed by atoms with van der Waals surface area (Å²) in [5, 5.41) is 4.65. The van der Waals surface area contributed by atoms with Gasteiger partial charge in [-0.15, -0.1) is 5.10 Å². The van der Waals surface area contributed by atoms with Crippen molar-refractivity contribution in [1.82, 2.24) is 33.7 Å². The maximum absolute atomic E-state index is 13.4. The molecule has 0 aliphatic rings. The number of rotatable bonds is 13. The number of aryl methyl sites for hydroxylation is 2. The minimum atomic E-state index is -3.79. The molecule has 0 saturated heterocycles. The first kappa shape index (κ1) is 28.8. The van der Waals surface area contributed by atoms with Gasteiger partial charge in [0.05, 0.1) is 22.8 Å². The number of nitrogens with zero attached hydrogens (tertiary/aromatic N) is 6. The monoisotopic (exact) mass is 533 g/mol. The van der Waals surface area contributed by atoms with Crippen LogP contribution in [0.1, 0.15) is 31.8 Å². The molecule has 37 heavy (non-hydrogen) atoms. The molecule has 0 radical (unpaired) electrons. The first-order chi connectivity index (χ1) is 17.5. The van der Waals surface area contributed by atoms with Crippen LogP contribution in [0.25, 0.3) is 16.9 Å². The number of fused-ring (bicyclic) bond motifs is 1. The van der Waals surface area contributed by atoms with E-state index in [2.05, 4.69) is 24.9 Å². The van der Waals surface area contributed by atoms with Gasteiger partial charge in [0.15, 0.2) is 11.3 Å². The highest BCUT2D eigenvalue weighted by molar-refractivity contribution is 7.89. The van der Waals surface area contributed by atoms with Crippen molar-refractivity contribution in [2.24, 2.45) is 0 Å². The Morgan fingerprint density at radius 2 is 1.76 bits per heavy atom. The molecule has 204 valence electrons. The van der Waals surface area contributed by atoms with Crippen LogP contribution in [-0.4, -0.2) is 103 Å². The van der Waals surface area contributed by atoms with Crippen LogP contribution in [0, 0.1) is 6.92 Å². The lowest BCUT2D eigenvalue weighted by Gasteiger charge is -2.23. The molecule has 2 heterocycles. The molecule has 1 aromatic carbocycles. The minimum Gasteiger partial charge on any atom is -0.493 e. The number of H-pyrrole nitrogens is 1. The van der Waals surface area contributed by atoms with Crippen LogP contribution in [0.4, 0.5) is 0 Å². The molecular formula is C25H39N7O4S. The fraction of sp³-hybridized carbons (Fsp3) is 0.560. The van der Waals surface area contributed by atoms with Crippen molar-refractivity contribution >= 4 is 15.5 Å². The van der Waals surface area contributed by atoms with Gasteiger partial charge in [-0.05, 0) is 59.6 Å². The fourth-order valence-corrected chi connectivity index (χ4v) is 5.16. The van der Waals surface area contributed by atoms with E-state index >= 15 is 0 Å². The van der Waals surface area contributed by atoms with Gasteiger partial charge in [0, 0.05) is 39.6 Å². The summed E-state index contributed by atoms with van der Waals surface area (Å²) in [5.41, 5.74) is 1.03. The third-order valence-corrected chi connectivity index (χ3v) is 8.01. The molecule has 0 unspecified atom stereocenters. The second-order valence-electron chi connectivity index (χ2n) is 9.45. The van der Waals surface area contributed by atoms with E-state index in [0.717, 1.165) is 19.5 Å². The summed E-state index contributed by atoms with van der Waals surface area (Å²) in [6.07, 6.45) is 1.50. The molecule has 0 amide bonds. The molecule has 11 nitrogen and oxygen atoms in total. The second-order valence-corrected chi connectivity index (χ2v) is 11.5. The average molecular weight is 534 g/mol. The Hall–Kier alpha value is -2.80. The number of aromatic amines is 1. The number of ether oxygens (including phenoxy) is 1. The van der Waals surface area contributed by atoms with Gasteiger partial charge in [0.2, 0.25) is 10.0 Å². The van der Waals surface area contributed by atoms with Crippen molar-refractivity contribution in [1.29, 1.82) is 0 Å². The highest BCUT2D eigenvalue weighted by atomic mass is 32.2. The predicted molar refractivity (Wildman–Crippen MR) is 145 cm³/mol. The maximum atomic E-state index is 13.4. The van der Waals surface area contributed by atoms with Gasteiger partial charge in [0.1, 0.15) is 11.6 Å². The van der Waals surface area contributed by atoms with Crippen molar-refractivity contribution in [2.75, 3.05) is 61.0 Å². The Morgan fingerprint density at radius 3 is 2.41 bits per heavy atom. The van der Waals surface area contributed by atoms with Gasteiger partial charge in [-0.1, -0.05) is 6.92 Å². The first-order valence-corrected chi connectivity index (χ1v) is 14.0. The molecule has 0 fully saturated rings. The summed E-state index contributed by atoms with van der Waals surface area (Å²) in [6, 6.07) is 4.65. The van der Waals surface area contributed by atoms with E-state index in [1.54, 1.807) is 24.6 Å². The van der Waals surface area contributed by atoms with Gasteiger partial charge in [-0.3, -0.25) is 4.79 Å². The SMILES string of the molecule is CCCc1nc(C)c2c(=O)[nH]c(-c3cc(S(=O)(=O)N(C)CCN(C)CCN(C)C)ccc3OCC)nn12. The van der Waals surface area contributed by atoms with E-state index < -0.39 is 10.0 Å². The van der Waals surface area contributed by atoms with Crippen LogP contribution >= 0.6 is 0 Å². The summed E-state index contributed by atoms with van der Waals surface area (Å²) < 4.78 is 35.5. The Labute approximate surface area is 219 Å². The summed E-state index contributed by atoms with van der Waals surface area (Å²) >= 11 is 0. The molecule has 1 N–H and O–H groups in total. The Bertz CT molecular complexity index is 1380. The maximum Gasteiger partial charge on any atom is 0.277 e. The zero-order chi connectivity index (χ0) is 27.3. The second kappa shape index (κ2) is 12.2. The van der Waals surface area contributed by atoms with E-state index in [4.69, 9.17) is 4.74 Å². The Balaban J connectivity index is 1.99. The molecule has 12 heteroatoms. The quantitative estimate of drug-likeness (QED) is 0.354. The van der Waals surface area contributed by atoms with Crippen molar-refractivity contribution in [3.05, 3.63) is 40.1 Å². The number of hydrogen-bond acceptors (Lipinski definition) is 8. The van der Waals surface area contributed by atoms with Crippen LogP contribution in [0.15, 0.2) is 27.9 Å². The molecule has 0 bridgehead atoms. The van der Waals surface area contributed by atoms with Crippen molar-refractivity contribution < 1.29 is 13.2 Å². The molecule has 3 rings (SSSR count). The lowest BCUT2D eigenvalue weighted by molar-refractivity contribution is 0.269. The number of likely N-dealkylation sites (N-methyl/N-ethyl adjacent to an activating group) is 3. The lowest BCUT2D eigenvalue weighted by atomic mass is 10.2. The normalized spacial score (nSPS) is 12.4. The molecule has 0 atom stereocenters. The van der Waals surface area contributed by atoms with Crippen LogP contribution < -0.4 is 10.3 Å².